The second-order valence-corrected chi connectivity index (χ2v) is 9.38. The molecule has 0 spiro atoms. The van der Waals surface area contributed by atoms with Crippen LogP contribution in [0, 0.1) is 11.6 Å². The molecule has 0 unspecified atom stereocenters. The first-order chi connectivity index (χ1) is 16.6. The Kier molecular flexibility index (Phi) is 7.08. The lowest BCUT2D eigenvalue weighted by molar-refractivity contribution is -0.137. The summed E-state index contributed by atoms with van der Waals surface area (Å²) in [7, 11) is 0. The second-order valence-electron chi connectivity index (χ2n) is 8.98. The van der Waals surface area contributed by atoms with Crippen LogP contribution in [-0.4, -0.2) is 34.0 Å². The third kappa shape index (κ3) is 5.98. The summed E-state index contributed by atoms with van der Waals surface area (Å²) in [5, 5.41) is 9.18. The minimum absolute atomic E-state index is 0.0158. The van der Waals surface area contributed by atoms with Gasteiger partial charge in [-0.1, -0.05) is 29.8 Å². The van der Waals surface area contributed by atoms with Crippen molar-refractivity contribution in [3.05, 3.63) is 99.6 Å². The molecule has 0 aromatic heterocycles. The van der Waals surface area contributed by atoms with Gasteiger partial charge in [0.05, 0.1) is 11.4 Å². The van der Waals surface area contributed by atoms with Gasteiger partial charge >= 0.3 is 5.97 Å². The number of hydrogen-bond donors (Lipinski definition) is 1. The van der Waals surface area contributed by atoms with E-state index in [1.165, 1.54) is 29.2 Å². The van der Waals surface area contributed by atoms with Gasteiger partial charge in [0, 0.05) is 31.5 Å². The van der Waals surface area contributed by atoms with E-state index < -0.39 is 23.2 Å². The van der Waals surface area contributed by atoms with Gasteiger partial charge in [0.2, 0.25) is 0 Å². The molecule has 1 aliphatic rings. The number of benzene rings is 3. The molecule has 3 aromatic rings. The van der Waals surface area contributed by atoms with E-state index in [1.54, 1.807) is 36.4 Å². The van der Waals surface area contributed by atoms with Gasteiger partial charge in [-0.05, 0) is 66.1 Å². The predicted octanol–water partition coefficient (Wildman–Crippen LogP) is 5.67. The topological polar surface area (TPSA) is 66.8 Å². The molecule has 5 nitrogen and oxygen atoms in total. The SMILES string of the molecule is C[C@@]1(Cc2ccc(Cl)c(F)c2)Cc2cc(C(=O)N(CCC(=O)O)Cc3cccc(F)c3)ccc2O1. The van der Waals surface area contributed by atoms with Gasteiger partial charge < -0.3 is 14.7 Å². The van der Waals surface area contributed by atoms with Gasteiger partial charge in [0.15, 0.2) is 0 Å². The van der Waals surface area contributed by atoms with E-state index in [0.29, 0.717) is 29.7 Å². The fourth-order valence-corrected chi connectivity index (χ4v) is 4.47. The van der Waals surface area contributed by atoms with E-state index >= 15 is 0 Å². The normalized spacial score (nSPS) is 16.5. The number of ether oxygens (including phenoxy) is 1. The smallest absolute Gasteiger partial charge is 0.305 e. The lowest BCUT2D eigenvalue weighted by Crippen LogP contribution is -2.33. The first-order valence-electron chi connectivity index (χ1n) is 11.1. The third-order valence-corrected chi connectivity index (χ3v) is 6.24. The monoisotopic (exact) mass is 499 g/mol. The molecule has 1 amide bonds. The number of nitrogens with zero attached hydrogens (tertiary/aromatic N) is 1. The van der Waals surface area contributed by atoms with Crippen LogP contribution >= 0.6 is 11.6 Å². The van der Waals surface area contributed by atoms with Gasteiger partial charge in [0.1, 0.15) is 23.0 Å². The van der Waals surface area contributed by atoms with Crippen LogP contribution in [0.3, 0.4) is 0 Å². The van der Waals surface area contributed by atoms with Crippen molar-refractivity contribution >= 4 is 23.5 Å². The summed E-state index contributed by atoms with van der Waals surface area (Å²) in [5.74, 6) is -1.66. The van der Waals surface area contributed by atoms with Crippen LogP contribution in [0.25, 0.3) is 0 Å². The maximum absolute atomic E-state index is 13.9. The highest BCUT2D eigenvalue weighted by Crippen LogP contribution is 2.38. The molecular formula is C27H24ClF2NO4. The van der Waals surface area contributed by atoms with E-state index in [4.69, 9.17) is 21.4 Å². The maximum atomic E-state index is 13.9. The number of halogens is 3. The van der Waals surface area contributed by atoms with Crippen LogP contribution in [0.5, 0.6) is 5.75 Å². The van der Waals surface area contributed by atoms with E-state index in [2.05, 4.69) is 0 Å². The van der Waals surface area contributed by atoms with Gasteiger partial charge in [-0.15, -0.1) is 0 Å². The second kappa shape index (κ2) is 10.0. The first kappa shape index (κ1) is 24.7. The molecule has 1 N–H and O–H groups in total. The van der Waals surface area contributed by atoms with E-state index in [9.17, 15) is 18.4 Å². The summed E-state index contributed by atoms with van der Waals surface area (Å²) >= 11 is 5.78. The summed E-state index contributed by atoms with van der Waals surface area (Å²) in [5.41, 5.74) is 1.89. The summed E-state index contributed by atoms with van der Waals surface area (Å²) in [6.07, 6.45) is 0.723. The van der Waals surface area contributed by atoms with Crippen molar-refractivity contribution in [2.45, 2.75) is 38.3 Å². The highest BCUT2D eigenvalue weighted by molar-refractivity contribution is 6.30. The number of hydrogen-bond acceptors (Lipinski definition) is 3. The first-order valence-corrected chi connectivity index (χ1v) is 11.5. The Labute approximate surface area is 206 Å². The summed E-state index contributed by atoms with van der Waals surface area (Å²) < 4.78 is 33.7. The minimum Gasteiger partial charge on any atom is -0.487 e. The molecule has 0 bridgehead atoms. The Balaban J connectivity index is 1.53. The van der Waals surface area contributed by atoms with Crippen molar-refractivity contribution in [3.8, 4) is 5.75 Å². The number of carboxylic acids is 1. The standard InChI is InChI=1S/C27H24ClF2NO4/c1-27(14-17-5-7-22(28)23(30)12-17)15-20-13-19(6-8-24(20)35-27)26(34)31(10-9-25(32)33)16-18-3-2-4-21(29)11-18/h2-8,11-13H,9-10,14-16H2,1H3,(H,32,33)/t27-/m1/s1. The largest absolute Gasteiger partial charge is 0.487 e. The number of carbonyl (C=O) groups is 2. The number of carboxylic acid groups (broad SMARTS) is 1. The minimum atomic E-state index is -1.03. The number of rotatable bonds is 8. The molecule has 0 saturated heterocycles. The Morgan fingerprint density at radius 1 is 1.09 bits per heavy atom. The van der Waals surface area contributed by atoms with Crippen molar-refractivity contribution in [2.24, 2.45) is 0 Å². The van der Waals surface area contributed by atoms with Crippen LogP contribution in [0.15, 0.2) is 60.7 Å². The van der Waals surface area contributed by atoms with Gasteiger partial charge in [-0.2, -0.15) is 0 Å². The lowest BCUT2D eigenvalue weighted by atomic mass is 9.91. The molecule has 3 aromatic carbocycles. The fourth-order valence-electron chi connectivity index (χ4n) is 4.36. The third-order valence-electron chi connectivity index (χ3n) is 5.94. The molecular weight excluding hydrogens is 476 g/mol. The average Bonchev–Trinajstić information content (AvgIpc) is 3.13. The molecule has 1 heterocycles. The van der Waals surface area contributed by atoms with Crippen molar-refractivity contribution < 1.29 is 28.2 Å². The van der Waals surface area contributed by atoms with E-state index in [1.807, 2.05) is 6.92 Å². The molecule has 1 aliphatic heterocycles. The Hall–Kier alpha value is -3.45. The Bertz CT molecular complexity index is 1280. The summed E-state index contributed by atoms with van der Waals surface area (Å²) in [6.45, 7) is 1.99. The number of fused-ring (bicyclic) bond motifs is 1. The molecule has 0 aliphatic carbocycles. The molecule has 4 rings (SSSR count). The average molecular weight is 500 g/mol. The van der Waals surface area contributed by atoms with Gasteiger partial charge in [-0.25, -0.2) is 8.78 Å². The van der Waals surface area contributed by atoms with E-state index in [0.717, 1.165) is 11.1 Å². The van der Waals surface area contributed by atoms with E-state index in [-0.39, 0.29) is 30.4 Å². The number of amides is 1. The van der Waals surface area contributed by atoms with Crippen LogP contribution in [0.4, 0.5) is 8.78 Å². The molecule has 182 valence electrons. The molecule has 1 atom stereocenters. The maximum Gasteiger partial charge on any atom is 0.305 e. The lowest BCUT2D eigenvalue weighted by Gasteiger charge is -2.24. The van der Waals surface area contributed by atoms with Gasteiger partial charge in [-0.3, -0.25) is 9.59 Å². The number of aliphatic carboxylic acids is 1. The molecule has 0 fully saturated rings. The van der Waals surface area contributed by atoms with Crippen molar-refractivity contribution in [1.29, 1.82) is 0 Å². The summed E-state index contributed by atoms with van der Waals surface area (Å²) in [6, 6.07) is 15.6. The molecule has 0 saturated carbocycles. The van der Waals surface area contributed by atoms with Crippen LogP contribution in [0.1, 0.15) is 40.4 Å². The van der Waals surface area contributed by atoms with Crippen molar-refractivity contribution in [3.63, 3.8) is 0 Å². The van der Waals surface area contributed by atoms with Crippen LogP contribution in [0.2, 0.25) is 5.02 Å². The van der Waals surface area contributed by atoms with Crippen LogP contribution < -0.4 is 4.74 Å². The zero-order valence-electron chi connectivity index (χ0n) is 19.1. The Morgan fingerprint density at radius 2 is 1.89 bits per heavy atom. The molecule has 0 radical (unpaired) electrons. The Morgan fingerprint density at radius 3 is 2.60 bits per heavy atom. The van der Waals surface area contributed by atoms with Crippen LogP contribution in [-0.2, 0) is 24.2 Å². The van der Waals surface area contributed by atoms with Crippen molar-refractivity contribution in [1.82, 2.24) is 4.90 Å². The van der Waals surface area contributed by atoms with Gasteiger partial charge in [0.25, 0.3) is 5.91 Å². The highest BCUT2D eigenvalue weighted by atomic mass is 35.5. The molecule has 35 heavy (non-hydrogen) atoms. The quantitative estimate of drug-likeness (QED) is 0.433. The van der Waals surface area contributed by atoms with Crippen molar-refractivity contribution in [2.75, 3.05) is 6.54 Å². The zero-order valence-corrected chi connectivity index (χ0v) is 19.8. The molecule has 8 heteroatoms. The predicted molar refractivity (Wildman–Crippen MR) is 128 cm³/mol. The highest BCUT2D eigenvalue weighted by Gasteiger charge is 2.35. The fraction of sp³-hybridized carbons (Fsp3) is 0.259. The zero-order chi connectivity index (χ0) is 25.2. The summed E-state index contributed by atoms with van der Waals surface area (Å²) in [4.78, 5) is 25.9. The number of carbonyl (C=O) groups excluding carboxylic acids is 1.